The third kappa shape index (κ3) is 2.79. The molecule has 2 atom stereocenters. The molecule has 2 fully saturated rings. The van der Waals surface area contributed by atoms with E-state index in [4.69, 9.17) is 15.2 Å². The summed E-state index contributed by atoms with van der Waals surface area (Å²) in [4.78, 5) is 0.651. The van der Waals surface area contributed by atoms with Gasteiger partial charge in [0.2, 0.25) is 0 Å². The molecule has 0 radical (unpaired) electrons. The lowest BCUT2D eigenvalue weighted by Gasteiger charge is -2.39. The van der Waals surface area contributed by atoms with Gasteiger partial charge < -0.3 is 15.2 Å². The lowest BCUT2D eigenvalue weighted by atomic mass is 9.90. The maximum absolute atomic E-state index is 13.7. The number of ether oxygens (including phenoxy) is 2. The highest BCUT2D eigenvalue weighted by atomic mass is 32.2. The fourth-order valence-corrected chi connectivity index (χ4v) is 4.04. The average Bonchev–Trinajstić information content (AvgIpc) is 2.85. The molecule has 2 aliphatic rings. The molecule has 1 spiro atoms. The van der Waals surface area contributed by atoms with Crippen molar-refractivity contribution < 1.29 is 13.9 Å². The zero-order chi connectivity index (χ0) is 13.3. The van der Waals surface area contributed by atoms with Gasteiger partial charge in [-0.3, -0.25) is 0 Å². The van der Waals surface area contributed by atoms with E-state index in [1.807, 2.05) is 6.07 Å². The molecule has 19 heavy (non-hydrogen) atoms. The molecule has 5 heteroatoms. The Morgan fingerprint density at radius 3 is 2.74 bits per heavy atom. The number of hydrogen-bond donors (Lipinski definition) is 1. The van der Waals surface area contributed by atoms with Crippen LogP contribution in [0.25, 0.3) is 0 Å². The van der Waals surface area contributed by atoms with Crippen molar-refractivity contribution in [1.29, 1.82) is 0 Å². The third-order valence-electron chi connectivity index (χ3n) is 3.78. The predicted octanol–water partition coefficient (Wildman–Crippen LogP) is 2.54. The minimum absolute atomic E-state index is 0.0584. The quantitative estimate of drug-likeness (QED) is 0.906. The van der Waals surface area contributed by atoms with Gasteiger partial charge in [-0.05, 0) is 18.6 Å². The van der Waals surface area contributed by atoms with Crippen molar-refractivity contribution in [3.05, 3.63) is 30.1 Å². The predicted molar refractivity (Wildman–Crippen MR) is 72.5 cm³/mol. The first kappa shape index (κ1) is 13.4. The highest BCUT2D eigenvalue weighted by molar-refractivity contribution is 8.00. The van der Waals surface area contributed by atoms with Crippen LogP contribution in [-0.2, 0) is 9.47 Å². The van der Waals surface area contributed by atoms with E-state index in [0.717, 1.165) is 19.3 Å². The van der Waals surface area contributed by atoms with E-state index in [1.54, 1.807) is 12.1 Å². The molecular weight excluding hydrogens is 265 g/mol. The Bertz CT molecular complexity index is 451. The number of halogens is 1. The number of hydrogen-bond acceptors (Lipinski definition) is 4. The van der Waals surface area contributed by atoms with Gasteiger partial charge in [0.15, 0.2) is 5.79 Å². The van der Waals surface area contributed by atoms with E-state index in [-0.39, 0.29) is 17.1 Å². The van der Waals surface area contributed by atoms with Gasteiger partial charge in [-0.25, -0.2) is 4.39 Å². The molecule has 1 saturated carbocycles. The summed E-state index contributed by atoms with van der Waals surface area (Å²) in [6.07, 6.45) is 2.42. The van der Waals surface area contributed by atoms with Gasteiger partial charge in [-0.1, -0.05) is 12.1 Å². The Morgan fingerprint density at radius 1 is 1.26 bits per heavy atom. The van der Waals surface area contributed by atoms with Crippen molar-refractivity contribution in [2.75, 3.05) is 13.2 Å². The van der Waals surface area contributed by atoms with E-state index in [9.17, 15) is 4.39 Å². The van der Waals surface area contributed by atoms with Crippen molar-refractivity contribution in [1.82, 2.24) is 0 Å². The summed E-state index contributed by atoms with van der Waals surface area (Å²) in [5.74, 6) is -0.661. The smallest absolute Gasteiger partial charge is 0.169 e. The Kier molecular flexibility index (Phi) is 3.80. The van der Waals surface area contributed by atoms with Gasteiger partial charge in [0.1, 0.15) is 5.82 Å². The second-order valence-electron chi connectivity index (χ2n) is 5.10. The lowest BCUT2D eigenvalue weighted by Crippen LogP contribution is -2.47. The van der Waals surface area contributed by atoms with Crippen molar-refractivity contribution in [2.24, 2.45) is 5.73 Å². The summed E-state index contributed by atoms with van der Waals surface area (Å²) in [5.41, 5.74) is 6.17. The molecule has 2 N–H and O–H groups in total. The van der Waals surface area contributed by atoms with Crippen molar-refractivity contribution >= 4 is 11.8 Å². The van der Waals surface area contributed by atoms with Crippen LogP contribution in [0.1, 0.15) is 19.3 Å². The van der Waals surface area contributed by atoms with Crippen LogP contribution in [0.15, 0.2) is 29.2 Å². The summed E-state index contributed by atoms with van der Waals surface area (Å²) >= 11 is 1.50. The van der Waals surface area contributed by atoms with Crippen LogP contribution in [0.5, 0.6) is 0 Å². The van der Waals surface area contributed by atoms with Crippen molar-refractivity contribution in [3.8, 4) is 0 Å². The van der Waals surface area contributed by atoms with Crippen LogP contribution in [0, 0.1) is 5.82 Å². The molecule has 0 amide bonds. The topological polar surface area (TPSA) is 44.5 Å². The molecule has 104 valence electrons. The number of rotatable bonds is 2. The van der Waals surface area contributed by atoms with Gasteiger partial charge in [-0.2, -0.15) is 0 Å². The van der Waals surface area contributed by atoms with E-state index < -0.39 is 5.79 Å². The maximum Gasteiger partial charge on any atom is 0.169 e. The monoisotopic (exact) mass is 283 g/mol. The van der Waals surface area contributed by atoms with Crippen molar-refractivity contribution in [2.45, 2.75) is 41.2 Å². The Morgan fingerprint density at radius 2 is 2.00 bits per heavy atom. The van der Waals surface area contributed by atoms with E-state index in [2.05, 4.69) is 0 Å². The highest BCUT2D eigenvalue weighted by Gasteiger charge is 2.44. The number of nitrogens with two attached hydrogens (primary N) is 1. The van der Waals surface area contributed by atoms with Gasteiger partial charge in [-0.15, -0.1) is 11.8 Å². The molecule has 1 aliphatic carbocycles. The van der Waals surface area contributed by atoms with Gasteiger partial charge in [0.05, 0.1) is 13.2 Å². The fourth-order valence-electron chi connectivity index (χ4n) is 2.72. The van der Waals surface area contributed by atoms with E-state index in [1.165, 1.54) is 17.8 Å². The second kappa shape index (κ2) is 5.40. The summed E-state index contributed by atoms with van der Waals surface area (Å²) in [6.45, 7) is 1.29. The first-order chi connectivity index (χ1) is 9.19. The van der Waals surface area contributed by atoms with Crippen LogP contribution in [0.3, 0.4) is 0 Å². The number of benzene rings is 1. The molecular formula is C14H18FNO2S. The average molecular weight is 283 g/mol. The van der Waals surface area contributed by atoms with Gasteiger partial charge >= 0.3 is 0 Å². The minimum atomic E-state index is -0.473. The second-order valence-corrected chi connectivity index (χ2v) is 6.38. The van der Waals surface area contributed by atoms with Gasteiger partial charge in [0.25, 0.3) is 0 Å². The summed E-state index contributed by atoms with van der Waals surface area (Å²) in [6, 6.07) is 6.88. The van der Waals surface area contributed by atoms with E-state index >= 15 is 0 Å². The summed E-state index contributed by atoms with van der Waals surface area (Å²) in [5, 5.41) is 0.128. The Hall–Kier alpha value is -0.620. The number of thioether (sulfide) groups is 1. The minimum Gasteiger partial charge on any atom is -0.347 e. The molecule has 2 unspecified atom stereocenters. The molecule has 1 heterocycles. The van der Waals surface area contributed by atoms with Crippen LogP contribution < -0.4 is 5.73 Å². The molecule has 3 nitrogen and oxygen atoms in total. The van der Waals surface area contributed by atoms with Gasteiger partial charge in [0, 0.05) is 29.0 Å². The molecule has 3 rings (SSSR count). The maximum atomic E-state index is 13.7. The van der Waals surface area contributed by atoms with Crippen molar-refractivity contribution in [3.63, 3.8) is 0 Å². The normalized spacial score (nSPS) is 29.8. The zero-order valence-electron chi connectivity index (χ0n) is 10.7. The van der Waals surface area contributed by atoms with Crippen LogP contribution in [-0.4, -0.2) is 30.3 Å². The van der Waals surface area contributed by atoms with Crippen LogP contribution in [0.4, 0.5) is 4.39 Å². The van der Waals surface area contributed by atoms with Crippen LogP contribution >= 0.6 is 11.8 Å². The first-order valence-electron chi connectivity index (χ1n) is 6.63. The largest absolute Gasteiger partial charge is 0.347 e. The SMILES string of the molecule is NC1CCC2(CC1Sc1ccccc1F)OCCO2. The fraction of sp³-hybridized carbons (Fsp3) is 0.571. The molecule has 0 aromatic heterocycles. The highest BCUT2D eigenvalue weighted by Crippen LogP contribution is 2.42. The Balaban J connectivity index is 1.73. The summed E-state index contributed by atoms with van der Waals surface area (Å²) in [7, 11) is 0. The van der Waals surface area contributed by atoms with E-state index in [0.29, 0.717) is 18.1 Å². The molecule has 1 saturated heterocycles. The third-order valence-corrected chi connectivity index (χ3v) is 5.18. The molecule has 1 aliphatic heterocycles. The summed E-state index contributed by atoms with van der Waals surface area (Å²) < 4.78 is 25.2. The Labute approximate surface area is 116 Å². The standard InChI is InChI=1S/C14H18FNO2S/c15-10-3-1-2-4-12(10)19-13-9-14(6-5-11(13)16)17-7-8-18-14/h1-4,11,13H,5-9,16H2. The molecule has 1 aromatic rings. The zero-order valence-corrected chi connectivity index (χ0v) is 11.5. The molecule has 0 bridgehead atoms. The lowest BCUT2D eigenvalue weighted by molar-refractivity contribution is -0.176. The molecule has 1 aromatic carbocycles. The first-order valence-corrected chi connectivity index (χ1v) is 7.51. The van der Waals surface area contributed by atoms with Crippen LogP contribution in [0.2, 0.25) is 0 Å².